The summed E-state index contributed by atoms with van der Waals surface area (Å²) in [4.78, 5) is 14.6. The van der Waals surface area contributed by atoms with E-state index in [1.165, 1.54) is 10.4 Å². The molecule has 0 saturated heterocycles. The second-order valence-corrected chi connectivity index (χ2v) is 5.62. The van der Waals surface area contributed by atoms with Crippen molar-refractivity contribution in [3.8, 4) is 0 Å². The lowest BCUT2D eigenvalue weighted by Crippen LogP contribution is -2.02. The molecule has 94 valence electrons. The van der Waals surface area contributed by atoms with Crippen LogP contribution in [0.4, 0.5) is 0 Å². The van der Waals surface area contributed by atoms with Crippen LogP contribution in [0.25, 0.3) is 0 Å². The van der Waals surface area contributed by atoms with Crippen LogP contribution in [0.5, 0.6) is 0 Å². The number of hydrogen-bond donors (Lipinski definition) is 0. The van der Waals surface area contributed by atoms with Gasteiger partial charge in [0.2, 0.25) is 0 Å². The van der Waals surface area contributed by atoms with E-state index in [1.54, 1.807) is 11.3 Å². The van der Waals surface area contributed by atoms with Gasteiger partial charge in [0.05, 0.1) is 0 Å². The number of thiophene rings is 1. The molecule has 0 radical (unpaired) electrons. The first kappa shape index (κ1) is 13.0. The van der Waals surface area contributed by atoms with Crippen molar-refractivity contribution < 1.29 is 4.79 Å². The van der Waals surface area contributed by atoms with E-state index in [-0.39, 0.29) is 5.78 Å². The van der Waals surface area contributed by atoms with Gasteiger partial charge < -0.3 is 0 Å². The maximum atomic E-state index is 12.1. The van der Waals surface area contributed by atoms with Crippen LogP contribution >= 0.6 is 11.3 Å². The van der Waals surface area contributed by atoms with Gasteiger partial charge in [0, 0.05) is 21.7 Å². The fraction of sp³-hybridized carbons (Fsp3) is 0.312. The van der Waals surface area contributed by atoms with Gasteiger partial charge in [0.25, 0.3) is 0 Å². The van der Waals surface area contributed by atoms with Crippen molar-refractivity contribution in [3.05, 3.63) is 57.3 Å². The highest BCUT2D eigenvalue weighted by Gasteiger charge is 2.08. The monoisotopic (exact) mass is 258 g/mol. The minimum Gasteiger partial charge on any atom is -0.294 e. The molecule has 2 aromatic rings. The number of benzene rings is 1. The summed E-state index contributed by atoms with van der Waals surface area (Å²) in [5, 5.41) is 0. The minimum absolute atomic E-state index is 0.210. The molecule has 0 fully saturated rings. The number of rotatable bonds is 5. The molecule has 2 rings (SSSR count). The van der Waals surface area contributed by atoms with Crippen LogP contribution in [0, 0.1) is 0 Å². The zero-order chi connectivity index (χ0) is 13.0. The molecule has 0 aliphatic carbocycles. The molecule has 1 heterocycles. The van der Waals surface area contributed by atoms with E-state index >= 15 is 0 Å². The number of Topliss-reactive ketones (excluding diaryl/α,β-unsaturated/α-hetero) is 1. The van der Waals surface area contributed by atoms with Crippen LogP contribution in [0.1, 0.15) is 39.5 Å². The van der Waals surface area contributed by atoms with Crippen LogP contribution in [0.2, 0.25) is 0 Å². The Balaban J connectivity index is 2.06. The van der Waals surface area contributed by atoms with E-state index < -0.39 is 0 Å². The maximum Gasteiger partial charge on any atom is 0.168 e. The first-order valence-electron chi connectivity index (χ1n) is 6.42. The molecule has 2 heteroatoms. The molecule has 18 heavy (non-hydrogen) atoms. The molecule has 0 N–H and O–H groups in total. The van der Waals surface area contributed by atoms with Gasteiger partial charge in [-0.15, -0.1) is 11.3 Å². The van der Waals surface area contributed by atoms with E-state index in [2.05, 4.69) is 26.0 Å². The summed E-state index contributed by atoms with van der Waals surface area (Å²) in [5.41, 5.74) is 2.09. The van der Waals surface area contributed by atoms with Gasteiger partial charge in [-0.25, -0.2) is 0 Å². The molecule has 0 amide bonds. The Labute approximate surface area is 112 Å². The summed E-state index contributed by atoms with van der Waals surface area (Å²) in [6, 6.07) is 12.2. The highest BCUT2D eigenvalue weighted by Crippen LogP contribution is 2.19. The van der Waals surface area contributed by atoms with E-state index in [4.69, 9.17) is 0 Å². The van der Waals surface area contributed by atoms with Crippen molar-refractivity contribution in [2.45, 2.75) is 33.1 Å². The van der Waals surface area contributed by atoms with Crippen molar-refractivity contribution in [2.24, 2.45) is 0 Å². The summed E-state index contributed by atoms with van der Waals surface area (Å²) in [7, 11) is 0. The molecular weight excluding hydrogens is 240 g/mol. The largest absolute Gasteiger partial charge is 0.294 e. The number of carbonyl (C=O) groups is 1. The summed E-state index contributed by atoms with van der Waals surface area (Å²) in [6.07, 6.45) is 2.58. The Kier molecular flexibility index (Phi) is 4.32. The zero-order valence-corrected chi connectivity index (χ0v) is 11.7. The lowest BCUT2D eigenvalue weighted by molar-refractivity contribution is 0.0994. The predicted molar refractivity (Wildman–Crippen MR) is 77.6 cm³/mol. The predicted octanol–water partition coefficient (Wildman–Crippen LogP) is 4.30. The Morgan fingerprint density at radius 1 is 0.944 bits per heavy atom. The van der Waals surface area contributed by atoms with E-state index in [0.29, 0.717) is 6.42 Å². The fourth-order valence-electron chi connectivity index (χ4n) is 1.89. The van der Waals surface area contributed by atoms with Gasteiger partial charge in [-0.1, -0.05) is 38.1 Å². The molecule has 0 spiro atoms. The zero-order valence-electron chi connectivity index (χ0n) is 10.9. The average molecular weight is 258 g/mol. The summed E-state index contributed by atoms with van der Waals surface area (Å²) >= 11 is 1.74. The van der Waals surface area contributed by atoms with Gasteiger partial charge in [-0.2, -0.15) is 0 Å². The van der Waals surface area contributed by atoms with E-state index in [1.807, 2.05) is 24.3 Å². The molecule has 1 nitrogen and oxygen atoms in total. The minimum atomic E-state index is 0.210. The van der Waals surface area contributed by atoms with Crippen LogP contribution < -0.4 is 0 Å². The third-order valence-corrected chi connectivity index (χ3v) is 4.31. The number of ketones is 1. The molecule has 1 aromatic heterocycles. The van der Waals surface area contributed by atoms with Gasteiger partial charge in [-0.05, 0) is 30.5 Å². The molecule has 0 saturated carbocycles. The molecular formula is C16H18OS. The molecule has 0 atom stereocenters. The highest BCUT2D eigenvalue weighted by molar-refractivity contribution is 7.12. The van der Waals surface area contributed by atoms with Crippen LogP contribution in [0.3, 0.4) is 0 Å². The van der Waals surface area contributed by atoms with Crippen molar-refractivity contribution in [1.29, 1.82) is 0 Å². The second-order valence-electron chi connectivity index (χ2n) is 4.37. The molecule has 0 aliphatic rings. The lowest BCUT2D eigenvalue weighted by atomic mass is 10.0. The molecule has 1 aromatic carbocycles. The lowest BCUT2D eigenvalue weighted by Gasteiger charge is -2.01. The van der Waals surface area contributed by atoms with Crippen molar-refractivity contribution in [3.63, 3.8) is 0 Å². The fourth-order valence-corrected chi connectivity index (χ4v) is 2.85. The summed E-state index contributed by atoms with van der Waals surface area (Å²) in [6.45, 7) is 4.26. The first-order valence-corrected chi connectivity index (χ1v) is 7.24. The summed E-state index contributed by atoms with van der Waals surface area (Å²) in [5.74, 6) is 0.210. The third-order valence-electron chi connectivity index (χ3n) is 3.08. The molecule has 0 unspecified atom stereocenters. The van der Waals surface area contributed by atoms with Crippen molar-refractivity contribution >= 4 is 17.1 Å². The quantitative estimate of drug-likeness (QED) is 0.731. The van der Waals surface area contributed by atoms with Gasteiger partial charge in [0.1, 0.15) is 0 Å². The SMILES string of the molecule is CCc1ccc(C(=O)Cc2ccc(CC)s2)cc1. The first-order chi connectivity index (χ1) is 8.72. The molecule has 0 aliphatic heterocycles. The standard InChI is InChI=1S/C16H18OS/c1-3-12-5-7-13(8-6-12)16(17)11-15-10-9-14(4-2)18-15/h5-10H,3-4,11H2,1-2H3. The average Bonchev–Trinajstić information content (AvgIpc) is 2.86. The van der Waals surface area contributed by atoms with Gasteiger partial charge >= 0.3 is 0 Å². The van der Waals surface area contributed by atoms with E-state index in [9.17, 15) is 4.79 Å². The van der Waals surface area contributed by atoms with Crippen LogP contribution in [-0.2, 0) is 19.3 Å². The van der Waals surface area contributed by atoms with E-state index in [0.717, 1.165) is 23.3 Å². The number of aryl methyl sites for hydroxylation is 2. The Hall–Kier alpha value is -1.41. The smallest absolute Gasteiger partial charge is 0.168 e. The summed E-state index contributed by atoms with van der Waals surface area (Å²) < 4.78 is 0. The Morgan fingerprint density at radius 3 is 2.17 bits per heavy atom. The Morgan fingerprint density at radius 2 is 1.61 bits per heavy atom. The highest BCUT2D eigenvalue weighted by atomic mass is 32.1. The number of hydrogen-bond acceptors (Lipinski definition) is 2. The van der Waals surface area contributed by atoms with Crippen molar-refractivity contribution in [2.75, 3.05) is 0 Å². The van der Waals surface area contributed by atoms with Crippen molar-refractivity contribution in [1.82, 2.24) is 0 Å². The molecule has 0 bridgehead atoms. The number of carbonyl (C=O) groups excluding carboxylic acids is 1. The van der Waals surface area contributed by atoms with Crippen LogP contribution in [-0.4, -0.2) is 5.78 Å². The topological polar surface area (TPSA) is 17.1 Å². The van der Waals surface area contributed by atoms with Gasteiger partial charge in [0.15, 0.2) is 5.78 Å². The normalized spacial score (nSPS) is 10.6. The maximum absolute atomic E-state index is 12.1. The Bertz CT molecular complexity index is 522. The third kappa shape index (κ3) is 3.08. The van der Waals surface area contributed by atoms with Crippen LogP contribution in [0.15, 0.2) is 36.4 Å². The van der Waals surface area contributed by atoms with Gasteiger partial charge in [-0.3, -0.25) is 4.79 Å². The second kappa shape index (κ2) is 5.96.